The van der Waals surface area contributed by atoms with Crippen LogP contribution in [0.2, 0.25) is 5.15 Å². The number of aromatic nitrogens is 2. The highest BCUT2D eigenvalue weighted by atomic mass is 79.9. The first-order chi connectivity index (χ1) is 9.81. The molecular formula is C11H10BrClN4O3S. The highest BCUT2D eigenvalue weighted by molar-refractivity contribution is 9.10. The average Bonchev–Trinajstić information content (AvgIpc) is 2.36. The van der Waals surface area contributed by atoms with Crippen molar-refractivity contribution >= 4 is 49.2 Å². The lowest BCUT2D eigenvalue weighted by atomic mass is 10.3. The molecule has 0 amide bonds. The van der Waals surface area contributed by atoms with Gasteiger partial charge in [0.05, 0.1) is 12.8 Å². The van der Waals surface area contributed by atoms with E-state index in [2.05, 4.69) is 30.6 Å². The number of sulfonamides is 1. The summed E-state index contributed by atoms with van der Waals surface area (Å²) >= 11 is 8.96. The number of anilines is 2. The zero-order valence-electron chi connectivity index (χ0n) is 10.7. The van der Waals surface area contributed by atoms with Crippen LogP contribution in [0.5, 0.6) is 5.88 Å². The largest absolute Gasteiger partial charge is 0.481 e. The summed E-state index contributed by atoms with van der Waals surface area (Å²) in [6, 6.07) is 5.76. The number of rotatable bonds is 4. The maximum Gasteiger partial charge on any atom is 0.266 e. The van der Waals surface area contributed by atoms with Crippen molar-refractivity contribution in [1.82, 2.24) is 9.97 Å². The predicted molar refractivity (Wildman–Crippen MR) is 83.0 cm³/mol. The van der Waals surface area contributed by atoms with Crippen LogP contribution in [0.1, 0.15) is 0 Å². The molecule has 0 aliphatic rings. The zero-order valence-corrected chi connectivity index (χ0v) is 13.8. The van der Waals surface area contributed by atoms with E-state index < -0.39 is 10.0 Å². The molecular weight excluding hydrogens is 384 g/mol. The Morgan fingerprint density at radius 2 is 2.05 bits per heavy atom. The number of halogens is 2. The second kappa shape index (κ2) is 6.04. The monoisotopic (exact) mass is 392 g/mol. The molecule has 112 valence electrons. The molecule has 2 rings (SSSR count). The van der Waals surface area contributed by atoms with Gasteiger partial charge in [0.2, 0.25) is 11.8 Å². The maximum absolute atomic E-state index is 12.3. The zero-order chi connectivity index (χ0) is 15.6. The normalized spacial score (nSPS) is 11.2. The molecule has 21 heavy (non-hydrogen) atoms. The van der Waals surface area contributed by atoms with E-state index in [9.17, 15) is 8.42 Å². The Labute approximate surface area is 134 Å². The second-order valence-corrected chi connectivity index (χ2v) is 6.80. The number of nitrogens with zero attached hydrogens (tertiary/aromatic N) is 2. The summed E-state index contributed by atoms with van der Waals surface area (Å²) in [6.07, 6.45) is 0. The molecule has 0 atom stereocenters. The van der Waals surface area contributed by atoms with Crippen LogP contribution in [0.4, 0.5) is 11.6 Å². The molecule has 1 aromatic heterocycles. The van der Waals surface area contributed by atoms with Crippen LogP contribution in [0.15, 0.2) is 33.6 Å². The SMILES string of the molecule is COc1cc(Cl)nc(NS(=O)(=O)c2ccc(Br)cc2N)n1. The molecule has 0 aliphatic heterocycles. The number of nitrogens with two attached hydrogens (primary N) is 1. The fourth-order valence-corrected chi connectivity index (χ4v) is 3.10. The Morgan fingerprint density at radius 3 is 2.67 bits per heavy atom. The molecule has 0 fully saturated rings. The van der Waals surface area contributed by atoms with Gasteiger partial charge in [-0.15, -0.1) is 0 Å². The standard InChI is InChI=1S/C11H10BrClN4O3S/c1-20-10-5-9(13)15-11(16-10)17-21(18,19)8-3-2-6(12)4-7(8)14/h2-5H,14H2,1H3,(H,15,16,17). The van der Waals surface area contributed by atoms with Crippen LogP contribution < -0.4 is 15.2 Å². The van der Waals surface area contributed by atoms with Gasteiger partial charge in [-0.2, -0.15) is 4.98 Å². The van der Waals surface area contributed by atoms with Crippen molar-refractivity contribution in [2.24, 2.45) is 0 Å². The maximum atomic E-state index is 12.3. The van der Waals surface area contributed by atoms with E-state index >= 15 is 0 Å². The van der Waals surface area contributed by atoms with Crippen molar-refractivity contribution < 1.29 is 13.2 Å². The smallest absolute Gasteiger partial charge is 0.266 e. The number of nitrogens with one attached hydrogen (secondary N) is 1. The van der Waals surface area contributed by atoms with Gasteiger partial charge in [0.1, 0.15) is 10.0 Å². The van der Waals surface area contributed by atoms with E-state index in [-0.39, 0.29) is 27.6 Å². The van der Waals surface area contributed by atoms with Gasteiger partial charge in [0, 0.05) is 10.5 Å². The number of hydrogen-bond donors (Lipinski definition) is 2. The molecule has 3 N–H and O–H groups in total. The number of hydrogen-bond acceptors (Lipinski definition) is 6. The number of methoxy groups -OCH3 is 1. The van der Waals surface area contributed by atoms with Gasteiger partial charge in [-0.1, -0.05) is 27.5 Å². The third kappa shape index (κ3) is 3.74. The third-order valence-corrected chi connectivity index (χ3v) is 4.46. The molecule has 0 spiro atoms. The molecule has 0 unspecified atom stereocenters. The molecule has 1 heterocycles. The first-order valence-corrected chi connectivity index (χ1v) is 8.13. The van der Waals surface area contributed by atoms with E-state index in [4.69, 9.17) is 22.1 Å². The van der Waals surface area contributed by atoms with Gasteiger partial charge < -0.3 is 10.5 Å². The molecule has 0 bridgehead atoms. The Morgan fingerprint density at radius 1 is 1.33 bits per heavy atom. The summed E-state index contributed by atoms with van der Waals surface area (Å²) in [6.45, 7) is 0. The Hall–Kier alpha value is -1.58. The fraction of sp³-hybridized carbons (Fsp3) is 0.0909. The molecule has 0 radical (unpaired) electrons. The molecule has 0 saturated heterocycles. The van der Waals surface area contributed by atoms with Gasteiger partial charge in [-0.05, 0) is 18.2 Å². The highest BCUT2D eigenvalue weighted by Gasteiger charge is 2.19. The summed E-state index contributed by atoms with van der Waals surface area (Å²) in [5.41, 5.74) is 5.80. The average molecular weight is 394 g/mol. The van der Waals surface area contributed by atoms with E-state index in [0.29, 0.717) is 4.47 Å². The lowest BCUT2D eigenvalue weighted by Crippen LogP contribution is -2.16. The molecule has 10 heteroatoms. The predicted octanol–water partition coefficient (Wildman–Crippen LogP) is 2.28. The van der Waals surface area contributed by atoms with E-state index in [1.165, 1.54) is 25.3 Å². The van der Waals surface area contributed by atoms with Crippen molar-refractivity contribution in [2.75, 3.05) is 17.6 Å². The summed E-state index contributed by atoms with van der Waals surface area (Å²) < 4.78 is 32.3. The molecule has 2 aromatic rings. The van der Waals surface area contributed by atoms with E-state index in [0.717, 1.165) is 0 Å². The minimum atomic E-state index is -3.94. The van der Waals surface area contributed by atoms with Crippen LogP contribution in [0, 0.1) is 0 Å². The summed E-state index contributed by atoms with van der Waals surface area (Å²) in [5.74, 6) is -0.0712. The topological polar surface area (TPSA) is 107 Å². The quantitative estimate of drug-likeness (QED) is 0.609. The Balaban J connectivity index is 2.39. The van der Waals surface area contributed by atoms with Crippen LogP contribution in [-0.4, -0.2) is 25.5 Å². The van der Waals surface area contributed by atoms with Crippen LogP contribution in [0.3, 0.4) is 0 Å². The number of nitrogen functional groups attached to an aromatic ring is 1. The first-order valence-electron chi connectivity index (χ1n) is 5.48. The number of benzene rings is 1. The van der Waals surface area contributed by atoms with E-state index in [1.807, 2.05) is 0 Å². The second-order valence-electron chi connectivity index (χ2n) is 3.84. The van der Waals surface area contributed by atoms with Gasteiger partial charge in [-0.3, -0.25) is 0 Å². The summed E-state index contributed by atoms with van der Waals surface area (Å²) in [5, 5.41) is 0.0447. The van der Waals surface area contributed by atoms with Crippen molar-refractivity contribution in [2.45, 2.75) is 4.90 Å². The van der Waals surface area contributed by atoms with Crippen LogP contribution >= 0.6 is 27.5 Å². The molecule has 1 aromatic carbocycles. The summed E-state index contributed by atoms with van der Waals surface area (Å²) in [4.78, 5) is 7.54. The molecule has 0 aliphatic carbocycles. The lowest BCUT2D eigenvalue weighted by molar-refractivity contribution is 0.397. The minimum absolute atomic E-state index is 0.0447. The van der Waals surface area contributed by atoms with Gasteiger partial charge in [0.25, 0.3) is 10.0 Å². The Kier molecular flexibility index (Phi) is 4.55. The summed E-state index contributed by atoms with van der Waals surface area (Å²) in [7, 11) is -2.56. The van der Waals surface area contributed by atoms with Gasteiger partial charge in [-0.25, -0.2) is 18.1 Å². The lowest BCUT2D eigenvalue weighted by Gasteiger charge is -2.10. The minimum Gasteiger partial charge on any atom is -0.481 e. The van der Waals surface area contributed by atoms with Crippen LogP contribution in [0.25, 0.3) is 0 Å². The van der Waals surface area contributed by atoms with Crippen molar-refractivity contribution in [3.63, 3.8) is 0 Å². The molecule has 0 saturated carbocycles. The van der Waals surface area contributed by atoms with Crippen molar-refractivity contribution in [3.05, 3.63) is 33.9 Å². The molecule has 7 nitrogen and oxygen atoms in total. The first kappa shape index (κ1) is 15.8. The van der Waals surface area contributed by atoms with Gasteiger partial charge in [0.15, 0.2) is 0 Å². The van der Waals surface area contributed by atoms with Crippen molar-refractivity contribution in [1.29, 1.82) is 0 Å². The third-order valence-electron chi connectivity index (χ3n) is 2.37. The Bertz CT molecular complexity index is 785. The fourth-order valence-electron chi connectivity index (χ4n) is 1.49. The van der Waals surface area contributed by atoms with Gasteiger partial charge >= 0.3 is 0 Å². The number of ether oxygens (including phenoxy) is 1. The van der Waals surface area contributed by atoms with E-state index in [1.54, 1.807) is 6.07 Å². The van der Waals surface area contributed by atoms with Crippen molar-refractivity contribution in [3.8, 4) is 5.88 Å². The highest BCUT2D eigenvalue weighted by Crippen LogP contribution is 2.25. The van der Waals surface area contributed by atoms with Crippen LogP contribution in [-0.2, 0) is 10.0 Å².